The second kappa shape index (κ2) is 7.55. The van der Waals surface area contributed by atoms with Crippen LogP contribution in [-0.4, -0.2) is 34.5 Å². The number of hydrogen-bond acceptors (Lipinski definition) is 6. The number of carbonyl (C=O) groups is 1. The van der Waals surface area contributed by atoms with Gasteiger partial charge in [-0.15, -0.1) is 0 Å². The topological polar surface area (TPSA) is 96.2 Å². The summed E-state index contributed by atoms with van der Waals surface area (Å²) in [4.78, 5) is 24.5. The van der Waals surface area contributed by atoms with E-state index in [1.54, 1.807) is 6.08 Å². The Balaban J connectivity index is 1.73. The molecule has 0 saturated heterocycles. The Morgan fingerprint density at radius 2 is 2.29 bits per heavy atom. The molecule has 7 nitrogen and oxygen atoms in total. The summed E-state index contributed by atoms with van der Waals surface area (Å²) in [5.41, 5.74) is 0.818. The van der Waals surface area contributed by atoms with E-state index in [2.05, 4.69) is 20.3 Å². The number of aliphatic imine (C=N–C) groups is 1. The molecular weight excluding hydrogens is 376 g/mol. The summed E-state index contributed by atoms with van der Waals surface area (Å²) >= 11 is 1.42. The predicted molar refractivity (Wildman–Crippen MR) is 109 cm³/mol. The van der Waals surface area contributed by atoms with E-state index in [1.165, 1.54) is 18.3 Å². The maximum Gasteiger partial charge on any atom is 0.244 e. The molecule has 2 aromatic rings. The summed E-state index contributed by atoms with van der Waals surface area (Å²) in [7, 11) is 0. The lowest BCUT2D eigenvalue weighted by molar-refractivity contribution is -0.115. The minimum Gasteiger partial charge on any atom is -0.493 e. The van der Waals surface area contributed by atoms with Crippen LogP contribution in [0.25, 0.3) is 11.8 Å². The Hall–Kier alpha value is -3.00. The normalized spacial score (nSPS) is 17.7. The Morgan fingerprint density at radius 1 is 1.46 bits per heavy atom. The maximum absolute atomic E-state index is 11.3. The number of thiazole rings is 1. The van der Waals surface area contributed by atoms with Gasteiger partial charge in [-0.05, 0) is 43.2 Å². The largest absolute Gasteiger partial charge is 0.493 e. The van der Waals surface area contributed by atoms with Crippen molar-refractivity contribution < 1.29 is 14.6 Å². The lowest BCUT2D eigenvalue weighted by atomic mass is 10.1. The molecule has 144 valence electrons. The summed E-state index contributed by atoms with van der Waals surface area (Å²) in [6.07, 6.45) is 5.84. The molecule has 1 aliphatic heterocycles. The van der Waals surface area contributed by atoms with Crippen molar-refractivity contribution in [2.75, 3.05) is 11.9 Å². The molecule has 0 unspecified atom stereocenters. The lowest BCUT2D eigenvalue weighted by Gasteiger charge is -2.13. The first-order valence-corrected chi connectivity index (χ1v) is 9.94. The molecule has 1 amide bonds. The third kappa shape index (κ3) is 4.12. The van der Waals surface area contributed by atoms with Crippen LogP contribution in [0.4, 0.5) is 5.13 Å². The van der Waals surface area contributed by atoms with Crippen molar-refractivity contribution >= 4 is 40.0 Å². The molecule has 1 aromatic heterocycles. The fourth-order valence-corrected chi connectivity index (χ4v) is 3.71. The number of carbonyl (C=O) groups excluding carboxylic acids is 1. The van der Waals surface area contributed by atoms with Gasteiger partial charge in [-0.2, -0.15) is 9.98 Å². The zero-order valence-corrected chi connectivity index (χ0v) is 16.4. The third-order valence-corrected chi connectivity index (χ3v) is 5.11. The Kier molecular flexibility index (Phi) is 4.95. The van der Waals surface area contributed by atoms with Crippen LogP contribution in [0, 0.1) is 0 Å². The van der Waals surface area contributed by atoms with Gasteiger partial charge >= 0.3 is 0 Å². The molecule has 0 spiro atoms. The first kappa shape index (κ1) is 18.4. The number of benzene rings is 1. The van der Waals surface area contributed by atoms with Crippen LogP contribution in [0.1, 0.15) is 37.1 Å². The van der Waals surface area contributed by atoms with Gasteiger partial charge in [0.25, 0.3) is 0 Å². The molecule has 1 fully saturated rings. The number of aromatic hydroxyl groups is 1. The molecule has 2 N–H and O–H groups in total. The predicted octanol–water partition coefficient (Wildman–Crippen LogP) is 2.21. The molecule has 2 heterocycles. The average molecular weight is 396 g/mol. The smallest absolute Gasteiger partial charge is 0.244 e. The monoisotopic (exact) mass is 396 g/mol. The van der Waals surface area contributed by atoms with Crippen LogP contribution < -0.4 is 15.9 Å². The Morgan fingerprint density at radius 3 is 3.00 bits per heavy atom. The van der Waals surface area contributed by atoms with Crippen LogP contribution in [0.15, 0.2) is 34.3 Å². The number of rotatable bonds is 5. The fraction of sp³-hybridized carbons (Fsp3) is 0.300. The van der Waals surface area contributed by atoms with Crippen LogP contribution in [0.3, 0.4) is 0 Å². The maximum atomic E-state index is 11.3. The second-order valence-corrected chi connectivity index (χ2v) is 7.62. The number of ether oxygens (including phenoxy) is 1. The highest BCUT2D eigenvalue weighted by atomic mass is 32.1. The first-order chi connectivity index (χ1) is 13.5. The molecule has 8 heteroatoms. The zero-order chi connectivity index (χ0) is 19.7. The van der Waals surface area contributed by atoms with E-state index in [-0.39, 0.29) is 11.8 Å². The van der Waals surface area contributed by atoms with Crippen molar-refractivity contribution in [2.24, 2.45) is 9.98 Å². The molecule has 2 aliphatic rings. The molecule has 4 rings (SSSR count). The Bertz CT molecular complexity index is 1110. The van der Waals surface area contributed by atoms with Gasteiger partial charge in [0, 0.05) is 24.6 Å². The zero-order valence-electron chi connectivity index (χ0n) is 15.6. The third-order valence-electron chi connectivity index (χ3n) is 4.19. The highest BCUT2D eigenvalue weighted by Gasteiger charge is 2.22. The van der Waals surface area contributed by atoms with E-state index in [1.807, 2.05) is 31.2 Å². The van der Waals surface area contributed by atoms with Crippen molar-refractivity contribution in [2.45, 2.75) is 32.7 Å². The summed E-state index contributed by atoms with van der Waals surface area (Å²) in [6.45, 7) is 3.77. The van der Waals surface area contributed by atoms with Crippen molar-refractivity contribution in [1.29, 1.82) is 0 Å². The van der Waals surface area contributed by atoms with Crippen molar-refractivity contribution in [3.8, 4) is 5.88 Å². The molecule has 1 saturated carbocycles. The molecular formula is C20H20N4O3S. The van der Waals surface area contributed by atoms with Crippen LogP contribution in [0.5, 0.6) is 5.88 Å². The SMILES string of the molecule is CCOC1=CC(=NC(C)=O)N=c2ccc(=Cc3sc(NC4CC4)nc3O)cc21. The number of amidine groups is 1. The first-order valence-electron chi connectivity index (χ1n) is 9.13. The lowest BCUT2D eigenvalue weighted by Crippen LogP contribution is -2.21. The molecule has 1 aromatic carbocycles. The van der Waals surface area contributed by atoms with E-state index in [9.17, 15) is 9.90 Å². The average Bonchev–Trinajstić information content (AvgIpc) is 3.38. The quantitative estimate of drug-likeness (QED) is 0.808. The number of nitrogens with zero attached hydrogens (tertiary/aromatic N) is 3. The van der Waals surface area contributed by atoms with Gasteiger partial charge in [-0.1, -0.05) is 17.4 Å². The van der Waals surface area contributed by atoms with Gasteiger partial charge in [0.05, 0.1) is 16.8 Å². The Labute approximate surface area is 165 Å². The van der Waals surface area contributed by atoms with Crippen molar-refractivity contribution in [1.82, 2.24) is 4.98 Å². The number of aromatic nitrogens is 1. The highest BCUT2D eigenvalue weighted by molar-refractivity contribution is 7.16. The molecule has 0 radical (unpaired) electrons. The summed E-state index contributed by atoms with van der Waals surface area (Å²) < 4.78 is 5.73. The fourth-order valence-electron chi connectivity index (χ4n) is 2.82. The van der Waals surface area contributed by atoms with Gasteiger partial charge < -0.3 is 15.2 Å². The number of fused-ring (bicyclic) bond motifs is 1. The molecule has 1 aliphatic carbocycles. The second-order valence-electron chi connectivity index (χ2n) is 6.59. The van der Waals surface area contributed by atoms with Crippen molar-refractivity contribution in [3.63, 3.8) is 0 Å². The summed E-state index contributed by atoms with van der Waals surface area (Å²) in [5, 5.41) is 15.8. The minimum absolute atomic E-state index is 0.0204. The number of hydrogen-bond donors (Lipinski definition) is 2. The van der Waals surface area contributed by atoms with E-state index >= 15 is 0 Å². The number of anilines is 1. The highest BCUT2D eigenvalue weighted by Crippen LogP contribution is 2.32. The van der Waals surface area contributed by atoms with E-state index < -0.39 is 0 Å². The van der Waals surface area contributed by atoms with E-state index in [0.717, 1.165) is 28.8 Å². The molecule has 28 heavy (non-hydrogen) atoms. The van der Waals surface area contributed by atoms with Gasteiger partial charge in [0.15, 0.2) is 11.0 Å². The van der Waals surface area contributed by atoms with Gasteiger partial charge in [0.2, 0.25) is 11.8 Å². The van der Waals surface area contributed by atoms with Gasteiger partial charge in [-0.3, -0.25) is 4.79 Å². The van der Waals surface area contributed by atoms with Gasteiger partial charge in [0.1, 0.15) is 5.76 Å². The van der Waals surface area contributed by atoms with Gasteiger partial charge in [-0.25, -0.2) is 4.99 Å². The minimum atomic E-state index is -0.310. The van der Waals surface area contributed by atoms with Crippen LogP contribution >= 0.6 is 11.3 Å². The van der Waals surface area contributed by atoms with E-state index in [4.69, 9.17) is 4.74 Å². The van der Waals surface area contributed by atoms with Crippen LogP contribution in [0.2, 0.25) is 0 Å². The standard InChI is InChI=1S/C20H20N4O3S/c1-3-27-16-10-18(21-11(2)25)23-15-7-4-12(8-14(15)16)9-17-19(26)24-20(28-17)22-13-5-6-13/h4,7-10,13,26H,3,5-6H2,1-2H3,(H,22,24). The summed E-state index contributed by atoms with van der Waals surface area (Å²) in [5.74, 6) is 0.658. The molecule has 0 bridgehead atoms. The number of nitrogens with one attached hydrogen (secondary N) is 1. The van der Waals surface area contributed by atoms with Crippen molar-refractivity contribution in [3.05, 3.63) is 45.3 Å². The molecule has 0 atom stereocenters. The number of amides is 1. The van der Waals surface area contributed by atoms with Crippen LogP contribution in [-0.2, 0) is 9.53 Å². The van der Waals surface area contributed by atoms with E-state index in [0.29, 0.717) is 34.5 Å². The summed E-state index contributed by atoms with van der Waals surface area (Å²) in [6, 6.07) is 6.17.